The maximum atomic E-state index is 11.6. The van der Waals surface area contributed by atoms with Crippen LogP contribution in [0.2, 0.25) is 0 Å². The zero-order chi connectivity index (χ0) is 13.1. The van der Waals surface area contributed by atoms with Crippen LogP contribution in [0.5, 0.6) is 0 Å². The molecule has 0 bridgehead atoms. The van der Waals surface area contributed by atoms with Crippen LogP contribution < -0.4 is 10.0 Å². The molecule has 0 saturated carbocycles. The number of unbranched alkanes of at least 4 members (excludes halogenated alkanes) is 1. The summed E-state index contributed by atoms with van der Waals surface area (Å²) in [6.45, 7) is 8.77. The van der Waals surface area contributed by atoms with Crippen molar-refractivity contribution in [3.8, 4) is 0 Å². The third-order valence-electron chi connectivity index (χ3n) is 2.55. The van der Waals surface area contributed by atoms with E-state index in [9.17, 15) is 8.42 Å². The quantitative estimate of drug-likeness (QED) is 0.559. The molecule has 0 saturated heterocycles. The third kappa shape index (κ3) is 12.1. The molecule has 0 aromatic heterocycles. The molecule has 0 aromatic carbocycles. The number of sulfonamides is 1. The van der Waals surface area contributed by atoms with Gasteiger partial charge in [0.1, 0.15) is 0 Å². The van der Waals surface area contributed by atoms with Crippen molar-refractivity contribution in [2.75, 3.05) is 25.4 Å². The van der Waals surface area contributed by atoms with Gasteiger partial charge >= 0.3 is 0 Å². The molecule has 0 aliphatic carbocycles. The largest absolute Gasteiger partial charge is 0.317 e. The van der Waals surface area contributed by atoms with Gasteiger partial charge < -0.3 is 5.32 Å². The molecule has 5 heteroatoms. The maximum Gasteiger partial charge on any atom is 0.211 e. The lowest BCUT2D eigenvalue weighted by atomic mass is 10.1. The van der Waals surface area contributed by atoms with E-state index in [4.69, 9.17) is 0 Å². The number of nitrogens with one attached hydrogen (secondary N) is 2. The zero-order valence-corrected chi connectivity index (χ0v) is 12.3. The van der Waals surface area contributed by atoms with E-state index >= 15 is 0 Å². The molecule has 0 amide bonds. The molecule has 0 spiro atoms. The summed E-state index contributed by atoms with van der Waals surface area (Å²) in [7, 11) is -3.04. The molecular weight excluding hydrogens is 236 g/mol. The standard InChI is InChI=1S/C12H28N2O2S/c1-4-13-9-5-6-11-17(15,16)14-10-7-8-12(2)3/h12-14H,4-11H2,1-3H3. The van der Waals surface area contributed by atoms with Crippen molar-refractivity contribution in [2.24, 2.45) is 5.92 Å². The fourth-order valence-corrected chi connectivity index (χ4v) is 2.71. The van der Waals surface area contributed by atoms with Crippen LogP contribution in [0.25, 0.3) is 0 Å². The van der Waals surface area contributed by atoms with Gasteiger partial charge in [0.2, 0.25) is 10.0 Å². The second kappa shape index (κ2) is 9.85. The van der Waals surface area contributed by atoms with Gasteiger partial charge in [-0.05, 0) is 44.7 Å². The highest BCUT2D eigenvalue weighted by atomic mass is 32.2. The summed E-state index contributed by atoms with van der Waals surface area (Å²) in [6, 6.07) is 0. The molecule has 17 heavy (non-hydrogen) atoms. The first kappa shape index (κ1) is 16.9. The molecule has 0 aliphatic heterocycles. The molecule has 0 unspecified atom stereocenters. The van der Waals surface area contributed by atoms with Crippen LogP contribution in [0.15, 0.2) is 0 Å². The normalized spacial score (nSPS) is 12.2. The van der Waals surface area contributed by atoms with Gasteiger partial charge in [0.25, 0.3) is 0 Å². The van der Waals surface area contributed by atoms with E-state index in [0.29, 0.717) is 12.5 Å². The molecule has 2 N–H and O–H groups in total. The number of hydrogen-bond acceptors (Lipinski definition) is 3. The first-order valence-corrected chi connectivity index (χ1v) is 8.31. The highest BCUT2D eigenvalue weighted by Crippen LogP contribution is 2.02. The first-order chi connectivity index (χ1) is 7.98. The van der Waals surface area contributed by atoms with Crippen LogP contribution in [0.1, 0.15) is 46.5 Å². The van der Waals surface area contributed by atoms with E-state index in [2.05, 4.69) is 23.9 Å². The molecule has 0 aromatic rings. The van der Waals surface area contributed by atoms with Gasteiger partial charge in [0.05, 0.1) is 5.75 Å². The van der Waals surface area contributed by atoms with E-state index in [1.54, 1.807) is 0 Å². The Morgan fingerprint density at radius 2 is 1.76 bits per heavy atom. The van der Waals surface area contributed by atoms with Crippen LogP contribution in [-0.4, -0.2) is 33.8 Å². The second-order valence-corrected chi connectivity index (χ2v) is 6.74. The topological polar surface area (TPSA) is 58.2 Å². The fourth-order valence-electron chi connectivity index (χ4n) is 1.53. The third-order valence-corrected chi connectivity index (χ3v) is 4.02. The van der Waals surface area contributed by atoms with Crippen LogP contribution in [0, 0.1) is 5.92 Å². The lowest BCUT2D eigenvalue weighted by Crippen LogP contribution is -2.28. The van der Waals surface area contributed by atoms with Crippen LogP contribution in [0.3, 0.4) is 0 Å². The Kier molecular flexibility index (Phi) is 9.78. The predicted molar refractivity (Wildman–Crippen MR) is 73.6 cm³/mol. The first-order valence-electron chi connectivity index (χ1n) is 6.66. The zero-order valence-electron chi connectivity index (χ0n) is 11.5. The molecule has 0 radical (unpaired) electrons. The number of hydrogen-bond donors (Lipinski definition) is 2. The summed E-state index contributed by atoms with van der Waals surface area (Å²) in [5.74, 6) is 0.889. The monoisotopic (exact) mass is 264 g/mol. The van der Waals surface area contributed by atoms with Crippen molar-refractivity contribution in [2.45, 2.75) is 46.5 Å². The van der Waals surface area contributed by atoms with E-state index < -0.39 is 10.0 Å². The lowest BCUT2D eigenvalue weighted by Gasteiger charge is -2.08. The van der Waals surface area contributed by atoms with E-state index in [1.165, 1.54) is 0 Å². The summed E-state index contributed by atoms with van der Waals surface area (Å²) in [5, 5.41) is 3.18. The Hall–Kier alpha value is -0.130. The minimum absolute atomic E-state index is 0.250. The van der Waals surface area contributed by atoms with Gasteiger partial charge in [-0.25, -0.2) is 13.1 Å². The summed E-state index contributed by atoms with van der Waals surface area (Å²) in [4.78, 5) is 0. The lowest BCUT2D eigenvalue weighted by molar-refractivity contribution is 0.538. The fraction of sp³-hybridized carbons (Fsp3) is 1.00. The Balaban J connectivity index is 3.52. The molecule has 0 rings (SSSR count). The van der Waals surface area contributed by atoms with Crippen LogP contribution in [0.4, 0.5) is 0 Å². The molecule has 4 nitrogen and oxygen atoms in total. The minimum Gasteiger partial charge on any atom is -0.317 e. The van der Waals surface area contributed by atoms with Crippen molar-refractivity contribution < 1.29 is 8.42 Å². The molecule has 0 fully saturated rings. The minimum atomic E-state index is -3.04. The molecular formula is C12H28N2O2S. The Bertz CT molecular complexity index is 264. The summed E-state index contributed by atoms with van der Waals surface area (Å²) in [5.41, 5.74) is 0. The Labute approximate surface area is 107 Å². The van der Waals surface area contributed by atoms with Gasteiger partial charge in [0, 0.05) is 6.54 Å². The van der Waals surface area contributed by atoms with Gasteiger partial charge in [-0.15, -0.1) is 0 Å². The van der Waals surface area contributed by atoms with Crippen molar-refractivity contribution in [1.82, 2.24) is 10.0 Å². The summed E-state index contributed by atoms with van der Waals surface area (Å²) >= 11 is 0. The SMILES string of the molecule is CCNCCCCS(=O)(=O)NCCCC(C)C. The van der Waals surface area contributed by atoms with Crippen LogP contribution >= 0.6 is 0 Å². The molecule has 0 atom stereocenters. The maximum absolute atomic E-state index is 11.6. The Morgan fingerprint density at radius 3 is 2.35 bits per heavy atom. The van der Waals surface area contributed by atoms with E-state index in [-0.39, 0.29) is 5.75 Å². The van der Waals surface area contributed by atoms with Gasteiger partial charge in [-0.3, -0.25) is 0 Å². The van der Waals surface area contributed by atoms with Crippen LogP contribution in [-0.2, 0) is 10.0 Å². The number of rotatable bonds is 11. The highest BCUT2D eigenvalue weighted by molar-refractivity contribution is 7.89. The van der Waals surface area contributed by atoms with Gasteiger partial charge in [-0.1, -0.05) is 20.8 Å². The van der Waals surface area contributed by atoms with E-state index in [0.717, 1.165) is 38.8 Å². The van der Waals surface area contributed by atoms with Crippen molar-refractivity contribution in [3.63, 3.8) is 0 Å². The molecule has 104 valence electrons. The average molecular weight is 264 g/mol. The Morgan fingerprint density at radius 1 is 1.06 bits per heavy atom. The van der Waals surface area contributed by atoms with Gasteiger partial charge in [0.15, 0.2) is 0 Å². The smallest absolute Gasteiger partial charge is 0.211 e. The van der Waals surface area contributed by atoms with Crippen molar-refractivity contribution >= 4 is 10.0 Å². The molecule has 0 aliphatic rings. The van der Waals surface area contributed by atoms with Crippen molar-refractivity contribution in [3.05, 3.63) is 0 Å². The predicted octanol–water partition coefficient (Wildman–Crippen LogP) is 1.73. The average Bonchev–Trinajstić information content (AvgIpc) is 2.24. The van der Waals surface area contributed by atoms with Gasteiger partial charge in [-0.2, -0.15) is 0 Å². The highest BCUT2D eigenvalue weighted by Gasteiger charge is 2.08. The summed E-state index contributed by atoms with van der Waals surface area (Å²) in [6.07, 6.45) is 3.64. The molecule has 0 heterocycles. The second-order valence-electron chi connectivity index (χ2n) is 4.81. The van der Waals surface area contributed by atoms with E-state index in [1.807, 2.05) is 6.92 Å². The van der Waals surface area contributed by atoms with Crippen molar-refractivity contribution in [1.29, 1.82) is 0 Å². The summed E-state index contributed by atoms with van der Waals surface area (Å²) < 4.78 is 25.8.